The number of hydrogen-bond acceptors (Lipinski definition) is 3. The molecule has 1 aromatic rings. The number of aliphatic hydroxyl groups is 1. The molecule has 1 aromatic carbocycles. The van der Waals surface area contributed by atoms with E-state index in [0.717, 1.165) is 12.1 Å². The van der Waals surface area contributed by atoms with Gasteiger partial charge < -0.3 is 15.5 Å². The molecule has 18 heavy (non-hydrogen) atoms. The number of nitrogens with one attached hydrogen (secondary N) is 1. The van der Waals surface area contributed by atoms with Gasteiger partial charge in [0.05, 0.1) is 13.0 Å². The largest absolute Gasteiger partial charge is 0.480 e. The van der Waals surface area contributed by atoms with Gasteiger partial charge in [-0.05, 0) is 11.6 Å². The lowest BCUT2D eigenvalue weighted by Gasteiger charge is -2.11. The second-order valence-electron chi connectivity index (χ2n) is 3.55. The molecule has 0 aliphatic rings. The SMILES string of the molecule is O=C(Cc1ccc(F)cc1F)NC(CO)C(=O)O. The summed E-state index contributed by atoms with van der Waals surface area (Å²) in [6.45, 7) is -0.771. The molecule has 0 heterocycles. The van der Waals surface area contributed by atoms with Crippen molar-refractivity contribution in [1.29, 1.82) is 0 Å². The lowest BCUT2D eigenvalue weighted by molar-refractivity contribution is -0.142. The van der Waals surface area contributed by atoms with Crippen molar-refractivity contribution in [3.8, 4) is 0 Å². The van der Waals surface area contributed by atoms with Gasteiger partial charge in [0.25, 0.3) is 0 Å². The number of amides is 1. The van der Waals surface area contributed by atoms with E-state index in [0.29, 0.717) is 6.07 Å². The summed E-state index contributed by atoms with van der Waals surface area (Å²) < 4.78 is 25.8. The zero-order chi connectivity index (χ0) is 13.7. The first-order chi connectivity index (χ1) is 8.43. The Morgan fingerprint density at radius 3 is 2.50 bits per heavy atom. The number of carboxylic acid groups (broad SMARTS) is 1. The number of halogens is 2. The molecule has 5 nitrogen and oxygen atoms in total. The topological polar surface area (TPSA) is 86.6 Å². The van der Waals surface area contributed by atoms with Crippen molar-refractivity contribution in [1.82, 2.24) is 5.32 Å². The van der Waals surface area contributed by atoms with Crippen LogP contribution >= 0.6 is 0 Å². The van der Waals surface area contributed by atoms with Crippen LogP contribution in [0.15, 0.2) is 18.2 Å². The van der Waals surface area contributed by atoms with E-state index in [4.69, 9.17) is 10.2 Å². The number of aliphatic carboxylic acids is 1. The van der Waals surface area contributed by atoms with Crippen molar-refractivity contribution in [2.24, 2.45) is 0 Å². The molecule has 1 atom stereocenters. The van der Waals surface area contributed by atoms with Gasteiger partial charge in [-0.3, -0.25) is 4.79 Å². The molecule has 98 valence electrons. The van der Waals surface area contributed by atoms with E-state index in [-0.39, 0.29) is 5.56 Å². The smallest absolute Gasteiger partial charge is 0.328 e. The number of rotatable bonds is 5. The summed E-state index contributed by atoms with van der Waals surface area (Å²) in [6, 6.07) is 1.27. The van der Waals surface area contributed by atoms with Crippen LogP contribution in [0.5, 0.6) is 0 Å². The van der Waals surface area contributed by atoms with E-state index in [2.05, 4.69) is 0 Å². The highest BCUT2D eigenvalue weighted by Crippen LogP contribution is 2.10. The van der Waals surface area contributed by atoms with E-state index in [9.17, 15) is 18.4 Å². The molecule has 3 N–H and O–H groups in total. The lowest BCUT2D eigenvalue weighted by Crippen LogP contribution is -2.44. The summed E-state index contributed by atoms with van der Waals surface area (Å²) in [5.74, 6) is -3.83. The fourth-order valence-electron chi connectivity index (χ4n) is 1.27. The molecule has 0 saturated heterocycles. The van der Waals surface area contributed by atoms with Crippen molar-refractivity contribution >= 4 is 11.9 Å². The predicted molar refractivity (Wildman–Crippen MR) is 56.7 cm³/mol. The third-order valence-electron chi connectivity index (χ3n) is 2.18. The monoisotopic (exact) mass is 259 g/mol. The number of carbonyl (C=O) groups excluding carboxylic acids is 1. The van der Waals surface area contributed by atoms with Crippen LogP contribution in [0.3, 0.4) is 0 Å². The Morgan fingerprint density at radius 1 is 1.33 bits per heavy atom. The van der Waals surface area contributed by atoms with Gasteiger partial charge in [-0.25, -0.2) is 13.6 Å². The minimum absolute atomic E-state index is 0.0593. The summed E-state index contributed by atoms with van der Waals surface area (Å²) in [7, 11) is 0. The molecule has 0 fully saturated rings. The third-order valence-corrected chi connectivity index (χ3v) is 2.18. The van der Waals surface area contributed by atoms with Crippen LogP contribution in [0, 0.1) is 11.6 Å². The molecule has 1 unspecified atom stereocenters. The standard InChI is InChI=1S/C11H11F2NO4/c12-7-2-1-6(8(13)4-7)3-10(16)14-9(5-15)11(17)18/h1-2,4,9,15H,3,5H2,(H,14,16)(H,17,18). The van der Waals surface area contributed by atoms with Crippen LogP contribution in [0.4, 0.5) is 8.78 Å². The van der Waals surface area contributed by atoms with Crippen molar-refractivity contribution in [2.45, 2.75) is 12.5 Å². The minimum Gasteiger partial charge on any atom is -0.480 e. The van der Waals surface area contributed by atoms with Gasteiger partial charge >= 0.3 is 5.97 Å². The van der Waals surface area contributed by atoms with Crippen LogP contribution in [-0.2, 0) is 16.0 Å². The van der Waals surface area contributed by atoms with Crippen LogP contribution in [-0.4, -0.2) is 34.7 Å². The maximum atomic E-state index is 13.2. The van der Waals surface area contributed by atoms with Crippen molar-refractivity contribution < 1.29 is 28.6 Å². The maximum Gasteiger partial charge on any atom is 0.328 e. The molecule has 1 rings (SSSR count). The first-order valence-corrected chi connectivity index (χ1v) is 5.01. The number of carbonyl (C=O) groups is 2. The predicted octanol–water partition coefficient (Wildman–Crippen LogP) is 0.0690. The molecule has 0 radical (unpaired) electrons. The zero-order valence-corrected chi connectivity index (χ0v) is 9.19. The summed E-state index contributed by atoms with van der Waals surface area (Å²) in [4.78, 5) is 21.9. The second kappa shape index (κ2) is 6.06. The third kappa shape index (κ3) is 3.77. The Hall–Kier alpha value is -2.02. The molecule has 0 aliphatic carbocycles. The molecule has 7 heteroatoms. The normalized spacial score (nSPS) is 11.9. The van der Waals surface area contributed by atoms with Crippen molar-refractivity contribution in [3.63, 3.8) is 0 Å². The van der Waals surface area contributed by atoms with Crippen molar-refractivity contribution in [3.05, 3.63) is 35.4 Å². The zero-order valence-electron chi connectivity index (χ0n) is 9.19. The molecule has 0 spiro atoms. The fourth-order valence-corrected chi connectivity index (χ4v) is 1.27. The van der Waals surface area contributed by atoms with Crippen LogP contribution in [0.1, 0.15) is 5.56 Å². The Balaban J connectivity index is 2.67. The Bertz CT molecular complexity index is 464. The van der Waals surface area contributed by atoms with Gasteiger partial charge in [-0.15, -0.1) is 0 Å². The molecule has 1 amide bonds. The van der Waals surface area contributed by atoms with E-state index in [1.165, 1.54) is 0 Å². The first kappa shape index (κ1) is 14.0. The molecular formula is C11H11F2NO4. The summed E-state index contributed by atoms with van der Waals surface area (Å²) in [6.07, 6.45) is -0.435. The fraction of sp³-hybridized carbons (Fsp3) is 0.273. The quantitative estimate of drug-likeness (QED) is 0.698. The minimum atomic E-state index is -1.44. The number of benzene rings is 1. The maximum absolute atomic E-state index is 13.2. The number of aliphatic hydroxyl groups excluding tert-OH is 1. The van der Waals surface area contributed by atoms with Crippen LogP contribution in [0.2, 0.25) is 0 Å². The van der Waals surface area contributed by atoms with Crippen LogP contribution < -0.4 is 5.32 Å². The Labute approximate surface area is 101 Å². The lowest BCUT2D eigenvalue weighted by atomic mass is 10.1. The summed E-state index contributed by atoms with van der Waals surface area (Å²) in [5.41, 5.74) is -0.0593. The van der Waals surface area contributed by atoms with Gasteiger partial charge in [0, 0.05) is 6.07 Å². The average Bonchev–Trinajstić information content (AvgIpc) is 2.29. The Morgan fingerprint density at radius 2 is 2.00 bits per heavy atom. The molecule has 0 aliphatic heterocycles. The second-order valence-corrected chi connectivity index (χ2v) is 3.55. The van der Waals surface area contributed by atoms with E-state index >= 15 is 0 Å². The molecule has 0 aromatic heterocycles. The highest BCUT2D eigenvalue weighted by molar-refractivity contribution is 5.84. The molecule has 0 bridgehead atoms. The molecular weight excluding hydrogens is 248 g/mol. The van der Waals surface area contributed by atoms with Gasteiger partial charge in [-0.2, -0.15) is 0 Å². The highest BCUT2D eigenvalue weighted by Gasteiger charge is 2.19. The van der Waals surface area contributed by atoms with E-state index in [1.807, 2.05) is 5.32 Å². The first-order valence-electron chi connectivity index (χ1n) is 5.01. The average molecular weight is 259 g/mol. The van der Waals surface area contributed by atoms with Gasteiger partial charge in [0.1, 0.15) is 17.7 Å². The van der Waals surface area contributed by atoms with Crippen molar-refractivity contribution in [2.75, 3.05) is 6.61 Å². The Kier molecular flexibility index (Phi) is 4.73. The van der Waals surface area contributed by atoms with E-state index in [1.54, 1.807) is 0 Å². The highest BCUT2D eigenvalue weighted by atomic mass is 19.1. The summed E-state index contributed by atoms with van der Waals surface area (Å²) in [5, 5.41) is 19.3. The van der Waals surface area contributed by atoms with Gasteiger partial charge in [0.2, 0.25) is 5.91 Å². The van der Waals surface area contributed by atoms with Gasteiger partial charge in [-0.1, -0.05) is 6.07 Å². The number of carboxylic acids is 1. The molecule has 0 saturated carbocycles. The van der Waals surface area contributed by atoms with Crippen LogP contribution in [0.25, 0.3) is 0 Å². The van der Waals surface area contributed by atoms with Gasteiger partial charge in [0.15, 0.2) is 0 Å². The summed E-state index contributed by atoms with van der Waals surface area (Å²) >= 11 is 0. The van der Waals surface area contributed by atoms with E-state index < -0.39 is 42.6 Å². The number of hydrogen-bond donors (Lipinski definition) is 3.